The molecule has 0 aromatic carbocycles. The van der Waals surface area contributed by atoms with Gasteiger partial charge in [-0.05, 0) is 13.8 Å². The number of Topliss-reactive ketones (excluding diaryl/α,β-unsaturated/α-hetero) is 1. The van der Waals surface area contributed by atoms with E-state index < -0.39 is 0 Å². The first-order valence-electron chi connectivity index (χ1n) is 3.34. The predicted octanol–water partition coefficient (Wildman–Crippen LogP) is 1.45. The van der Waals surface area contributed by atoms with E-state index in [1.807, 2.05) is 12.3 Å². The summed E-state index contributed by atoms with van der Waals surface area (Å²) >= 11 is 1.52. The van der Waals surface area contributed by atoms with Gasteiger partial charge in [-0.2, -0.15) is 0 Å². The number of rotatable bonds is 3. The largest absolute Gasteiger partial charge is 0.354 e. The van der Waals surface area contributed by atoms with Crippen LogP contribution in [0.1, 0.15) is 12.6 Å². The third-order valence-corrected chi connectivity index (χ3v) is 2.03. The topological polar surface area (TPSA) is 42.0 Å². The summed E-state index contributed by atoms with van der Waals surface area (Å²) in [5.74, 6) is 0.123. The Morgan fingerprint density at radius 2 is 2.55 bits per heavy atom. The number of ketones is 1. The molecule has 0 unspecified atom stereocenters. The lowest BCUT2D eigenvalue weighted by molar-refractivity contribution is -0.115. The standard InChI is InChI=1S/C7H10N2OS/c1-5-4-11-7(9-5)8-3-6(2)10/h4H,3H2,1-2H3,(H,8,9). The molecule has 1 heterocycles. The van der Waals surface area contributed by atoms with E-state index >= 15 is 0 Å². The highest BCUT2D eigenvalue weighted by Crippen LogP contribution is 2.13. The summed E-state index contributed by atoms with van der Waals surface area (Å²) in [6.07, 6.45) is 0. The van der Waals surface area contributed by atoms with E-state index in [1.54, 1.807) is 6.92 Å². The first-order chi connectivity index (χ1) is 5.18. The number of hydrogen-bond acceptors (Lipinski definition) is 4. The highest BCUT2D eigenvalue weighted by Gasteiger charge is 1.97. The smallest absolute Gasteiger partial charge is 0.183 e. The highest BCUT2D eigenvalue weighted by atomic mass is 32.1. The van der Waals surface area contributed by atoms with Crippen molar-refractivity contribution in [3.8, 4) is 0 Å². The van der Waals surface area contributed by atoms with Gasteiger partial charge in [0.25, 0.3) is 0 Å². The summed E-state index contributed by atoms with van der Waals surface area (Å²) < 4.78 is 0. The fourth-order valence-corrected chi connectivity index (χ4v) is 1.32. The lowest BCUT2D eigenvalue weighted by Gasteiger charge is -1.95. The van der Waals surface area contributed by atoms with Crippen LogP contribution in [0, 0.1) is 6.92 Å². The minimum atomic E-state index is 0.123. The van der Waals surface area contributed by atoms with Crippen LogP contribution >= 0.6 is 11.3 Å². The summed E-state index contributed by atoms with van der Waals surface area (Å²) in [5, 5.41) is 5.69. The highest BCUT2D eigenvalue weighted by molar-refractivity contribution is 7.13. The normalized spacial score (nSPS) is 9.64. The number of nitrogens with one attached hydrogen (secondary N) is 1. The van der Waals surface area contributed by atoms with E-state index in [4.69, 9.17) is 0 Å². The molecular formula is C7H10N2OS. The van der Waals surface area contributed by atoms with E-state index in [1.165, 1.54) is 11.3 Å². The average molecular weight is 170 g/mol. The number of carbonyl (C=O) groups is 1. The number of anilines is 1. The van der Waals surface area contributed by atoms with Gasteiger partial charge in [0, 0.05) is 5.38 Å². The minimum absolute atomic E-state index is 0.123. The fourth-order valence-electron chi connectivity index (χ4n) is 0.635. The van der Waals surface area contributed by atoms with Crippen molar-refractivity contribution in [3.63, 3.8) is 0 Å². The Bertz CT molecular complexity index is 257. The second kappa shape index (κ2) is 3.48. The van der Waals surface area contributed by atoms with Crippen molar-refractivity contribution in [2.24, 2.45) is 0 Å². The molecule has 0 fully saturated rings. The summed E-state index contributed by atoms with van der Waals surface area (Å²) in [7, 11) is 0. The molecule has 3 nitrogen and oxygen atoms in total. The zero-order valence-electron chi connectivity index (χ0n) is 6.55. The Morgan fingerprint density at radius 1 is 1.82 bits per heavy atom. The lowest BCUT2D eigenvalue weighted by Crippen LogP contribution is -2.09. The first kappa shape index (κ1) is 8.20. The number of aromatic nitrogens is 1. The minimum Gasteiger partial charge on any atom is -0.354 e. The Balaban J connectivity index is 2.45. The first-order valence-corrected chi connectivity index (χ1v) is 4.22. The van der Waals surface area contributed by atoms with Crippen LogP contribution in [0.3, 0.4) is 0 Å². The Hall–Kier alpha value is -0.900. The number of hydrogen-bond donors (Lipinski definition) is 1. The Labute approximate surface area is 69.5 Å². The van der Waals surface area contributed by atoms with Gasteiger partial charge in [-0.25, -0.2) is 4.98 Å². The maximum atomic E-state index is 10.5. The van der Waals surface area contributed by atoms with Crippen molar-refractivity contribution in [2.45, 2.75) is 13.8 Å². The van der Waals surface area contributed by atoms with Gasteiger partial charge in [0.05, 0.1) is 12.2 Å². The molecule has 1 rings (SSSR count). The summed E-state index contributed by atoms with van der Waals surface area (Å²) in [6.45, 7) is 3.84. The molecule has 4 heteroatoms. The molecule has 0 aliphatic heterocycles. The van der Waals surface area contributed by atoms with Gasteiger partial charge >= 0.3 is 0 Å². The van der Waals surface area contributed by atoms with Crippen molar-refractivity contribution >= 4 is 22.3 Å². The molecule has 11 heavy (non-hydrogen) atoms. The van der Waals surface area contributed by atoms with Crippen molar-refractivity contribution in [2.75, 3.05) is 11.9 Å². The molecule has 0 aliphatic rings. The van der Waals surface area contributed by atoms with Crippen molar-refractivity contribution in [3.05, 3.63) is 11.1 Å². The van der Waals surface area contributed by atoms with Gasteiger partial charge in [-0.15, -0.1) is 11.3 Å². The van der Waals surface area contributed by atoms with E-state index in [9.17, 15) is 4.79 Å². The molecule has 0 saturated heterocycles. The quantitative estimate of drug-likeness (QED) is 0.746. The second-order valence-electron chi connectivity index (χ2n) is 2.35. The van der Waals surface area contributed by atoms with Gasteiger partial charge in [-0.3, -0.25) is 4.79 Å². The molecule has 0 atom stereocenters. The zero-order valence-corrected chi connectivity index (χ0v) is 7.36. The molecule has 1 N–H and O–H groups in total. The van der Waals surface area contributed by atoms with E-state index in [0.29, 0.717) is 6.54 Å². The molecule has 0 aliphatic carbocycles. The Kier molecular flexibility index (Phi) is 2.59. The van der Waals surface area contributed by atoms with E-state index in [-0.39, 0.29) is 5.78 Å². The van der Waals surface area contributed by atoms with Crippen LogP contribution < -0.4 is 5.32 Å². The Morgan fingerprint density at radius 3 is 3.00 bits per heavy atom. The van der Waals surface area contributed by atoms with Crippen LogP contribution in [-0.4, -0.2) is 17.3 Å². The van der Waals surface area contributed by atoms with Crippen LogP contribution in [0.5, 0.6) is 0 Å². The number of aryl methyl sites for hydroxylation is 1. The maximum Gasteiger partial charge on any atom is 0.183 e. The third-order valence-electron chi connectivity index (χ3n) is 1.11. The van der Waals surface area contributed by atoms with Gasteiger partial charge < -0.3 is 5.32 Å². The second-order valence-corrected chi connectivity index (χ2v) is 3.21. The van der Waals surface area contributed by atoms with Crippen molar-refractivity contribution < 1.29 is 4.79 Å². The molecule has 0 amide bonds. The molecule has 0 saturated carbocycles. The van der Waals surface area contributed by atoms with Gasteiger partial charge in [0.1, 0.15) is 5.78 Å². The van der Waals surface area contributed by atoms with Crippen molar-refractivity contribution in [1.29, 1.82) is 0 Å². The molecule has 60 valence electrons. The molecule has 1 aromatic rings. The summed E-state index contributed by atoms with van der Waals surface area (Å²) in [6, 6.07) is 0. The van der Waals surface area contributed by atoms with Gasteiger partial charge in [0.2, 0.25) is 0 Å². The molecule has 0 bridgehead atoms. The molecule has 1 aromatic heterocycles. The van der Waals surface area contributed by atoms with E-state index in [0.717, 1.165) is 10.8 Å². The summed E-state index contributed by atoms with van der Waals surface area (Å²) in [4.78, 5) is 14.7. The third kappa shape index (κ3) is 2.67. The predicted molar refractivity (Wildman–Crippen MR) is 46.0 cm³/mol. The van der Waals surface area contributed by atoms with Crippen LogP contribution in [0.15, 0.2) is 5.38 Å². The van der Waals surface area contributed by atoms with Crippen LogP contribution in [0.25, 0.3) is 0 Å². The van der Waals surface area contributed by atoms with Gasteiger partial charge in [0.15, 0.2) is 5.13 Å². The SMILES string of the molecule is CC(=O)CNc1nc(C)cs1. The fraction of sp³-hybridized carbons (Fsp3) is 0.429. The van der Waals surface area contributed by atoms with Gasteiger partial charge in [-0.1, -0.05) is 0 Å². The van der Waals surface area contributed by atoms with Crippen LogP contribution in [0.2, 0.25) is 0 Å². The average Bonchev–Trinajstić information content (AvgIpc) is 2.31. The lowest BCUT2D eigenvalue weighted by atomic mass is 10.4. The summed E-state index contributed by atoms with van der Waals surface area (Å²) in [5.41, 5.74) is 0.987. The molecule has 0 radical (unpaired) electrons. The van der Waals surface area contributed by atoms with Crippen molar-refractivity contribution in [1.82, 2.24) is 4.98 Å². The maximum absolute atomic E-state index is 10.5. The molecular weight excluding hydrogens is 160 g/mol. The number of nitrogens with zero attached hydrogens (tertiary/aromatic N) is 1. The number of carbonyl (C=O) groups excluding carboxylic acids is 1. The van der Waals surface area contributed by atoms with Crippen LogP contribution in [-0.2, 0) is 4.79 Å². The number of thiazole rings is 1. The van der Waals surface area contributed by atoms with Crippen LogP contribution in [0.4, 0.5) is 5.13 Å². The zero-order chi connectivity index (χ0) is 8.27. The molecule has 0 spiro atoms. The van der Waals surface area contributed by atoms with E-state index in [2.05, 4.69) is 10.3 Å². The monoisotopic (exact) mass is 170 g/mol.